The molecule has 18 heavy (non-hydrogen) atoms. The summed E-state index contributed by atoms with van der Waals surface area (Å²) < 4.78 is 0. The topological polar surface area (TPSA) is 70.2 Å². The first kappa shape index (κ1) is 14.0. The number of anilines is 1. The summed E-state index contributed by atoms with van der Waals surface area (Å²) in [7, 11) is 1.53. The Balaban J connectivity index is 2.75. The van der Waals surface area contributed by atoms with E-state index in [0.29, 0.717) is 5.56 Å². The van der Waals surface area contributed by atoms with E-state index in [2.05, 4.69) is 16.0 Å². The summed E-state index contributed by atoms with van der Waals surface area (Å²) in [5.74, 6) is -0.486. The lowest BCUT2D eigenvalue weighted by Crippen LogP contribution is -2.35. The molecule has 5 heteroatoms. The van der Waals surface area contributed by atoms with Gasteiger partial charge in [-0.1, -0.05) is 12.1 Å². The van der Waals surface area contributed by atoms with Crippen molar-refractivity contribution in [3.63, 3.8) is 0 Å². The van der Waals surface area contributed by atoms with Gasteiger partial charge >= 0.3 is 0 Å². The smallest absolute Gasteiger partial charge is 0.253 e. The predicted molar refractivity (Wildman–Crippen MR) is 71.6 cm³/mol. The van der Waals surface area contributed by atoms with E-state index in [0.717, 1.165) is 5.69 Å². The van der Waals surface area contributed by atoms with Crippen molar-refractivity contribution < 1.29 is 9.59 Å². The number of amides is 2. The van der Waals surface area contributed by atoms with Gasteiger partial charge in [0.05, 0.1) is 12.1 Å². The Morgan fingerprint density at radius 2 is 1.89 bits per heavy atom. The van der Waals surface area contributed by atoms with Crippen LogP contribution >= 0.6 is 0 Å². The summed E-state index contributed by atoms with van der Waals surface area (Å²) in [6, 6.07) is 7.46. The molecule has 98 valence electrons. The first-order valence-electron chi connectivity index (χ1n) is 5.89. The maximum Gasteiger partial charge on any atom is 0.253 e. The molecule has 1 aromatic rings. The second-order valence-electron chi connectivity index (χ2n) is 4.20. The van der Waals surface area contributed by atoms with Crippen molar-refractivity contribution in [1.82, 2.24) is 10.6 Å². The van der Waals surface area contributed by atoms with Crippen LogP contribution in [0, 0.1) is 0 Å². The summed E-state index contributed by atoms with van der Waals surface area (Å²) in [4.78, 5) is 23.0. The Hall–Kier alpha value is -2.04. The molecule has 0 atom stereocenters. The van der Waals surface area contributed by atoms with Gasteiger partial charge in [0.25, 0.3) is 5.91 Å². The number of para-hydroxylation sites is 1. The molecule has 3 N–H and O–H groups in total. The first-order chi connectivity index (χ1) is 8.54. The van der Waals surface area contributed by atoms with Crippen molar-refractivity contribution >= 4 is 17.5 Å². The summed E-state index contributed by atoms with van der Waals surface area (Å²) >= 11 is 0. The molecule has 0 saturated heterocycles. The molecule has 0 unspecified atom stereocenters. The van der Waals surface area contributed by atoms with Crippen LogP contribution in [0.2, 0.25) is 0 Å². The molecular weight excluding hydrogens is 230 g/mol. The van der Waals surface area contributed by atoms with Gasteiger partial charge in [0.15, 0.2) is 0 Å². The molecular formula is C13H19N3O2. The molecule has 0 aromatic heterocycles. The Kier molecular flexibility index (Phi) is 5.17. The Morgan fingerprint density at radius 1 is 1.22 bits per heavy atom. The van der Waals surface area contributed by atoms with Gasteiger partial charge < -0.3 is 16.0 Å². The normalized spacial score (nSPS) is 10.0. The fourth-order valence-electron chi connectivity index (χ4n) is 1.46. The quantitative estimate of drug-likeness (QED) is 0.728. The molecule has 5 nitrogen and oxygen atoms in total. The highest BCUT2D eigenvalue weighted by Crippen LogP contribution is 2.15. The number of carbonyl (C=O) groups is 2. The fourth-order valence-corrected chi connectivity index (χ4v) is 1.46. The summed E-state index contributed by atoms with van der Waals surface area (Å²) in [5.41, 5.74) is 1.30. The van der Waals surface area contributed by atoms with Crippen LogP contribution in [0.3, 0.4) is 0 Å². The SMILES string of the molecule is CNC(=O)CNC(=O)c1ccccc1NC(C)C. The lowest BCUT2D eigenvalue weighted by atomic mass is 10.1. The third-order valence-corrected chi connectivity index (χ3v) is 2.30. The predicted octanol–water partition coefficient (Wildman–Crippen LogP) is 0.983. The third kappa shape index (κ3) is 4.08. The van der Waals surface area contributed by atoms with Gasteiger partial charge in [-0.25, -0.2) is 0 Å². The summed E-state index contributed by atoms with van der Waals surface area (Å²) in [5, 5.41) is 8.22. The number of likely N-dealkylation sites (N-methyl/N-ethyl adjacent to an activating group) is 1. The minimum Gasteiger partial charge on any atom is -0.382 e. The van der Waals surface area contributed by atoms with Crippen LogP contribution in [-0.2, 0) is 4.79 Å². The van der Waals surface area contributed by atoms with E-state index in [4.69, 9.17) is 0 Å². The number of hydrogen-bond acceptors (Lipinski definition) is 3. The van der Waals surface area contributed by atoms with Crippen molar-refractivity contribution in [1.29, 1.82) is 0 Å². The third-order valence-electron chi connectivity index (χ3n) is 2.30. The highest BCUT2D eigenvalue weighted by atomic mass is 16.2. The Morgan fingerprint density at radius 3 is 2.50 bits per heavy atom. The maximum absolute atomic E-state index is 11.9. The maximum atomic E-state index is 11.9. The van der Waals surface area contributed by atoms with Gasteiger partial charge in [-0.05, 0) is 26.0 Å². The number of nitrogens with one attached hydrogen (secondary N) is 3. The van der Waals surface area contributed by atoms with Gasteiger partial charge in [0.2, 0.25) is 5.91 Å². The first-order valence-corrected chi connectivity index (χ1v) is 5.89. The molecule has 0 aliphatic carbocycles. The van der Waals surface area contributed by atoms with Crippen LogP contribution in [0.4, 0.5) is 5.69 Å². The molecule has 0 heterocycles. The van der Waals surface area contributed by atoms with Crippen LogP contribution in [0.15, 0.2) is 24.3 Å². The van der Waals surface area contributed by atoms with E-state index in [1.807, 2.05) is 26.0 Å². The second-order valence-corrected chi connectivity index (χ2v) is 4.20. The van der Waals surface area contributed by atoms with Gasteiger partial charge in [0.1, 0.15) is 0 Å². The largest absolute Gasteiger partial charge is 0.382 e. The zero-order valence-corrected chi connectivity index (χ0v) is 10.9. The molecule has 0 aliphatic heterocycles. The number of carbonyl (C=O) groups excluding carboxylic acids is 2. The van der Waals surface area contributed by atoms with E-state index in [9.17, 15) is 9.59 Å². The summed E-state index contributed by atoms with van der Waals surface area (Å²) in [6.07, 6.45) is 0. The van der Waals surface area contributed by atoms with Crippen LogP contribution in [0.25, 0.3) is 0 Å². The van der Waals surface area contributed by atoms with Gasteiger partial charge in [-0.15, -0.1) is 0 Å². The van der Waals surface area contributed by atoms with Crippen LogP contribution in [0.1, 0.15) is 24.2 Å². The molecule has 1 aromatic carbocycles. The molecule has 0 aliphatic rings. The highest BCUT2D eigenvalue weighted by molar-refractivity contribution is 6.01. The van der Waals surface area contributed by atoms with Crippen LogP contribution < -0.4 is 16.0 Å². The number of rotatable bonds is 5. The van der Waals surface area contributed by atoms with Crippen molar-refractivity contribution in [2.45, 2.75) is 19.9 Å². The second kappa shape index (κ2) is 6.64. The fraction of sp³-hybridized carbons (Fsp3) is 0.385. The van der Waals surface area contributed by atoms with Crippen molar-refractivity contribution in [2.24, 2.45) is 0 Å². The minimum atomic E-state index is -0.262. The average Bonchev–Trinajstić information content (AvgIpc) is 2.35. The monoisotopic (exact) mass is 249 g/mol. The zero-order chi connectivity index (χ0) is 13.5. The number of hydrogen-bond donors (Lipinski definition) is 3. The molecule has 0 radical (unpaired) electrons. The van der Waals surface area contributed by atoms with Crippen LogP contribution in [-0.4, -0.2) is 31.4 Å². The van der Waals surface area contributed by atoms with E-state index in [1.165, 1.54) is 7.05 Å². The van der Waals surface area contributed by atoms with Gasteiger partial charge in [0, 0.05) is 18.8 Å². The van der Waals surface area contributed by atoms with Crippen molar-refractivity contribution in [3.05, 3.63) is 29.8 Å². The van der Waals surface area contributed by atoms with E-state index >= 15 is 0 Å². The van der Waals surface area contributed by atoms with Crippen molar-refractivity contribution in [3.8, 4) is 0 Å². The molecule has 0 spiro atoms. The average molecular weight is 249 g/mol. The van der Waals surface area contributed by atoms with Gasteiger partial charge in [-0.3, -0.25) is 9.59 Å². The molecule has 0 bridgehead atoms. The molecule has 1 rings (SSSR count). The molecule has 2 amide bonds. The van der Waals surface area contributed by atoms with E-state index in [1.54, 1.807) is 12.1 Å². The van der Waals surface area contributed by atoms with E-state index in [-0.39, 0.29) is 24.4 Å². The van der Waals surface area contributed by atoms with Crippen LogP contribution in [0.5, 0.6) is 0 Å². The standard InChI is InChI=1S/C13H19N3O2/c1-9(2)16-11-7-5-4-6-10(11)13(18)15-8-12(17)14-3/h4-7,9,16H,8H2,1-3H3,(H,14,17)(H,15,18). The molecule has 0 fully saturated rings. The van der Waals surface area contributed by atoms with Gasteiger partial charge in [-0.2, -0.15) is 0 Å². The lowest BCUT2D eigenvalue weighted by Gasteiger charge is -2.14. The van der Waals surface area contributed by atoms with Crippen molar-refractivity contribution in [2.75, 3.05) is 18.9 Å². The highest BCUT2D eigenvalue weighted by Gasteiger charge is 2.11. The Bertz CT molecular complexity index is 430. The minimum absolute atomic E-state index is 0.0225. The Labute approximate surface area is 107 Å². The zero-order valence-electron chi connectivity index (χ0n) is 10.9. The van der Waals surface area contributed by atoms with E-state index < -0.39 is 0 Å². The summed E-state index contributed by atoms with van der Waals surface area (Å²) in [6.45, 7) is 3.98. The number of benzene rings is 1. The lowest BCUT2D eigenvalue weighted by molar-refractivity contribution is -0.119. The molecule has 0 saturated carbocycles.